The second-order valence-electron chi connectivity index (χ2n) is 7.48. The number of benzene rings is 1. The van der Waals surface area contributed by atoms with Crippen LogP contribution in [0.5, 0.6) is 5.75 Å². The zero-order valence-electron chi connectivity index (χ0n) is 14.1. The third kappa shape index (κ3) is 7.16. The van der Waals surface area contributed by atoms with Crippen LogP contribution in [-0.2, 0) is 9.53 Å². The van der Waals surface area contributed by atoms with Crippen LogP contribution in [0.15, 0.2) is 30.3 Å². The summed E-state index contributed by atoms with van der Waals surface area (Å²) in [6.07, 6.45) is 0.369. The third-order valence-electron chi connectivity index (χ3n) is 3.25. The Morgan fingerprint density at radius 3 is 2.10 bits per heavy atom. The number of para-hydroxylation sites is 1. The molecule has 0 saturated heterocycles. The molecule has 1 unspecified atom stereocenters. The molecule has 0 amide bonds. The summed E-state index contributed by atoms with van der Waals surface area (Å²) < 4.78 is 11.2. The van der Waals surface area contributed by atoms with Gasteiger partial charge in [0, 0.05) is 5.92 Å². The Morgan fingerprint density at radius 2 is 1.62 bits per heavy atom. The summed E-state index contributed by atoms with van der Waals surface area (Å²) in [6, 6.07) is 9.68. The molecule has 0 fully saturated rings. The molecule has 0 aliphatic heterocycles. The Labute approximate surface area is 128 Å². The summed E-state index contributed by atoms with van der Waals surface area (Å²) in [7, 11) is 0. The number of hydrogen-bond acceptors (Lipinski definition) is 3. The quantitative estimate of drug-likeness (QED) is 0.752. The van der Waals surface area contributed by atoms with Crippen LogP contribution in [0.4, 0.5) is 0 Å². The maximum Gasteiger partial charge on any atom is 0.306 e. The highest BCUT2D eigenvalue weighted by Gasteiger charge is 2.29. The van der Waals surface area contributed by atoms with E-state index in [1.54, 1.807) is 0 Å². The number of carbonyl (C=O) groups excluding carboxylic acids is 1. The molecule has 0 N–H and O–H groups in total. The van der Waals surface area contributed by atoms with Gasteiger partial charge in [0.05, 0.1) is 13.0 Å². The Balaban J connectivity index is 2.63. The number of ether oxygens (including phenoxy) is 2. The molecule has 0 bridgehead atoms. The van der Waals surface area contributed by atoms with Crippen LogP contribution in [0.25, 0.3) is 0 Å². The predicted octanol–water partition coefficient (Wildman–Crippen LogP) is 4.46. The van der Waals surface area contributed by atoms with E-state index in [1.807, 2.05) is 51.1 Å². The summed E-state index contributed by atoms with van der Waals surface area (Å²) in [6.45, 7) is 12.5. The Kier molecular flexibility index (Phi) is 5.82. The zero-order chi connectivity index (χ0) is 16.1. The standard InChI is InChI=1S/C18H28O3/c1-17(2,3)14(12-16(19)21-18(4,5)6)13-20-15-10-8-7-9-11-15/h7-11,14H,12-13H2,1-6H3. The van der Waals surface area contributed by atoms with Crippen molar-refractivity contribution >= 4 is 5.97 Å². The summed E-state index contributed by atoms with van der Waals surface area (Å²) in [4.78, 5) is 12.0. The normalized spacial score (nSPS) is 13.6. The number of hydrogen-bond donors (Lipinski definition) is 0. The second-order valence-corrected chi connectivity index (χ2v) is 7.48. The molecule has 0 saturated carbocycles. The minimum Gasteiger partial charge on any atom is -0.493 e. The van der Waals surface area contributed by atoms with E-state index in [0.717, 1.165) is 5.75 Å². The summed E-state index contributed by atoms with van der Waals surface area (Å²) in [5.74, 6) is 0.766. The van der Waals surface area contributed by atoms with E-state index in [1.165, 1.54) is 0 Å². The molecule has 0 aromatic heterocycles. The van der Waals surface area contributed by atoms with Crippen LogP contribution in [0, 0.1) is 11.3 Å². The van der Waals surface area contributed by atoms with Crippen molar-refractivity contribution in [1.82, 2.24) is 0 Å². The van der Waals surface area contributed by atoms with E-state index in [2.05, 4.69) is 20.8 Å². The van der Waals surface area contributed by atoms with Gasteiger partial charge in [0.15, 0.2) is 0 Å². The Morgan fingerprint density at radius 1 is 1.05 bits per heavy atom. The van der Waals surface area contributed by atoms with E-state index in [9.17, 15) is 4.79 Å². The maximum absolute atomic E-state index is 12.0. The first-order valence-corrected chi connectivity index (χ1v) is 7.47. The molecule has 1 atom stereocenters. The molecular formula is C18H28O3. The van der Waals surface area contributed by atoms with Crippen molar-refractivity contribution in [3.8, 4) is 5.75 Å². The van der Waals surface area contributed by atoms with Gasteiger partial charge in [-0.25, -0.2) is 0 Å². The second kappa shape index (κ2) is 6.97. The van der Waals surface area contributed by atoms with E-state index in [-0.39, 0.29) is 17.3 Å². The van der Waals surface area contributed by atoms with Crippen LogP contribution < -0.4 is 4.74 Å². The zero-order valence-corrected chi connectivity index (χ0v) is 14.1. The number of esters is 1. The van der Waals surface area contributed by atoms with Crippen LogP contribution in [-0.4, -0.2) is 18.2 Å². The smallest absolute Gasteiger partial charge is 0.306 e. The van der Waals surface area contributed by atoms with Gasteiger partial charge in [0.25, 0.3) is 0 Å². The van der Waals surface area contributed by atoms with Gasteiger partial charge in [-0.3, -0.25) is 4.79 Å². The molecule has 118 valence electrons. The van der Waals surface area contributed by atoms with Gasteiger partial charge in [-0.1, -0.05) is 39.0 Å². The average molecular weight is 292 g/mol. The van der Waals surface area contributed by atoms with Gasteiger partial charge in [-0.15, -0.1) is 0 Å². The van der Waals surface area contributed by atoms with E-state index >= 15 is 0 Å². The van der Waals surface area contributed by atoms with Crippen molar-refractivity contribution in [3.63, 3.8) is 0 Å². The SMILES string of the molecule is CC(C)(C)OC(=O)CC(COc1ccccc1)C(C)(C)C. The monoisotopic (exact) mass is 292 g/mol. The van der Waals surface area contributed by atoms with Crippen molar-refractivity contribution in [2.24, 2.45) is 11.3 Å². The predicted molar refractivity (Wildman–Crippen MR) is 85.3 cm³/mol. The first-order valence-electron chi connectivity index (χ1n) is 7.47. The molecular weight excluding hydrogens is 264 g/mol. The summed E-state index contributed by atoms with van der Waals surface area (Å²) >= 11 is 0. The van der Waals surface area contributed by atoms with Crippen LogP contribution >= 0.6 is 0 Å². The van der Waals surface area contributed by atoms with Crippen LogP contribution in [0.1, 0.15) is 48.0 Å². The lowest BCUT2D eigenvalue weighted by molar-refractivity contribution is -0.157. The highest BCUT2D eigenvalue weighted by Crippen LogP contribution is 2.30. The highest BCUT2D eigenvalue weighted by molar-refractivity contribution is 5.70. The maximum atomic E-state index is 12.0. The third-order valence-corrected chi connectivity index (χ3v) is 3.25. The first kappa shape index (κ1) is 17.5. The molecule has 1 aromatic rings. The summed E-state index contributed by atoms with van der Waals surface area (Å²) in [5.41, 5.74) is -0.467. The molecule has 21 heavy (non-hydrogen) atoms. The van der Waals surface area contributed by atoms with Crippen molar-refractivity contribution in [2.75, 3.05) is 6.61 Å². The van der Waals surface area contributed by atoms with Crippen LogP contribution in [0.3, 0.4) is 0 Å². The largest absolute Gasteiger partial charge is 0.493 e. The fraction of sp³-hybridized carbons (Fsp3) is 0.611. The lowest BCUT2D eigenvalue weighted by Gasteiger charge is -2.31. The van der Waals surface area contributed by atoms with E-state index < -0.39 is 5.60 Å². The molecule has 0 spiro atoms. The molecule has 0 heterocycles. The van der Waals surface area contributed by atoms with Gasteiger partial charge in [-0.2, -0.15) is 0 Å². The van der Waals surface area contributed by atoms with E-state index in [0.29, 0.717) is 13.0 Å². The molecule has 0 radical (unpaired) electrons. The van der Waals surface area contributed by atoms with Crippen LogP contribution in [0.2, 0.25) is 0 Å². The van der Waals surface area contributed by atoms with Crippen molar-refractivity contribution in [1.29, 1.82) is 0 Å². The molecule has 0 aliphatic carbocycles. The van der Waals surface area contributed by atoms with Crippen molar-refractivity contribution < 1.29 is 14.3 Å². The fourth-order valence-corrected chi connectivity index (χ4v) is 1.91. The van der Waals surface area contributed by atoms with Crippen molar-refractivity contribution in [2.45, 2.75) is 53.6 Å². The highest BCUT2D eigenvalue weighted by atomic mass is 16.6. The van der Waals surface area contributed by atoms with Gasteiger partial charge in [0.1, 0.15) is 11.4 Å². The number of rotatable bonds is 5. The molecule has 1 aromatic carbocycles. The minimum absolute atomic E-state index is 0.0221. The lowest BCUT2D eigenvalue weighted by atomic mass is 9.79. The van der Waals surface area contributed by atoms with Gasteiger partial charge < -0.3 is 9.47 Å². The van der Waals surface area contributed by atoms with Crippen molar-refractivity contribution in [3.05, 3.63) is 30.3 Å². The molecule has 1 rings (SSSR count). The van der Waals surface area contributed by atoms with Gasteiger partial charge in [-0.05, 0) is 38.3 Å². The Hall–Kier alpha value is -1.51. The lowest BCUT2D eigenvalue weighted by Crippen LogP contribution is -2.32. The average Bonchev–Trinajstić information content (AvgIpc) is 2.32. The molecule has 3 heteroatoms. The number of carbonyl (C=O) groups is 1. The Bertz CT molecular complexity index is 438. The van der Waals surface area contributed by atoms with Gasteiger partial charge in [0.2, 0.25) is 0 Å². The molecule has 3 nitrogen and oxygen atoms in total. The van der Waals surface area contributed by atoms with Gasteiger partial charge >= 0.3 is 5.97 Å². The topological polar surface area (TPSA) is 35.5 Å². The van der Waals surface area contributed by atoms with E-state index in [4.69, 9.17) is 9.47 Å². The first-order chi connectivity index (χ1) is 9.58. The fourth-order valence-electron chi connectivity index (χ4n) is 1.91. The minimum atomic E-state index is -0.445. The summed E-state index contributed by atoms with van der Waals surface area (Å²) in [5, 5.41) is 0. The molecule has 0 aliphatic rings.